The molecular weight excluding hydrogens is 401 g/mol. The van der Waals surface area contributed by atoms with Gasteiger partial charge in [-0.1, -0.05) is 16.8 Å². The van der Waals surface area contributed by atoms with E-state index in [0.29, 0.717) is 42.8 Å². The summed E-state index contributed by atoms with van der Waals surface area (Å²) in [6.45, 7) is 6.25. The fourth-order valence-electron chi connectivity index (χ4n) is 3.12. The minimum absolute atomic E-state index is 0.0627. The van der Waals surface area contributed by atoms with Crippen molar-refractivity contribution in [1.29, 1.82) is 0 Å². The van der Waals surface area contributed by atoms with E-state index < -0.39 is 11.9 Å². The lowest BCUT2D eigenvalue weighted by molar-refractivity contribution is -0.122. The quantitative estimate of drug-likeness (QED) is 0.741. The summed E-state index contributed by atoms with van der Waals surface area (Å²) in [5.74, 6) is 0.00401. The van der Waals surface area contributed by atoms with Crippen molar-refractivity contribution < 1.29 is 18.5 Å². The van der Waals surface area contributed by atoms with Gasteiger partial charge in [-0.25, -0.2) is 4.39 Å². The molecule has 1 aliphatic heterocycles. The van der Waals surface area contributed by atoms with Gasteiger partial charge in [0.25, 0.3) is 0 Å². The fraction of sp³-hybridized carbons (Fsp3) is 0.421. The van der Waals surface area contributed by atoms with Crippen molar-refractivity contribution in [2.45, 2.75) is 19.9 Å². The Hall–Kier alpha value is -2.49. The van der Waals surface area contributed by atoms with E-state index in [0.717, 1.165) is 0 Å². The predicted molar refractivity (Wildman–Crippen MR) is 107 cm³/mol. The molecule has 29 heavy (non-hydrogen) atoms. The number of hydrogen-bond acceptors (Lipinski definition) is 6. The molecule has 1 aromatic heterocycles. The molecule has 0 bridgehead atoms. The van der Waals surface area contributed by atoms with Crippen LogP contribution in [0, 0.1) is 12.7 Å². The van der Waals surface area contributed by atoms with Gasteiger partial charge in [-0.3, -0.25) is 19.4 Å². The third-order valence-electron chi connectivity index (χ3n) is 4.78. The van der Waals surface area contributed by atoms with Crippen molar-refractivity contribution in [2.24, 2.45) is 0 Å². The highest BCUT2D eigenvalue weighted by Gasteiger charge is 2.27. The summed E-state index contributed by atoms with van der Waals surface area (Å²) >= 11 is 5.86. The molecule has 2 amide bonds. The minimum Gasteiger partial charge on any atom is -0.360 e. The van der Waals surface area contributed by atoms with Crippen molar-refractivity contribution in [1.82, 2.24) is 15.0 Å². The van der Waals surface area contributed by atoms with Crippen molar-refractivity contribution in [2.75, 3.05) is 43.4 Å². The van der Waals surface area contributed by atoms with E-state index in [1.54, 1.807) is 19.9 Å². The van der Waals surface area contributed by atoms with Crippen LogP contribution in [0.4, 0.5) is 15.9 Å². The van der Waals surface area contributed by atoms with Crippen LogP contribution in [-0.2, 0) is 9.59 Å². The molecule has 3 rings (SSSR count). The first-order valence-electron chi connectivity index (χ1n) is 9.27. The smallest absolute Gasteiger partial charge is 0.241 e. The summed E-state index contributed by atoms with van der Waals surface area (Å²) in [7, 11) is 0. The zero-order valence-electron chi connectivity index (χ0n) is 16.2. The average Bonchev–Trinajstić information content (AvgIpc) is 3.09. The van der Waals surface area contributed by atoms with E-state index in [-0.39, 0.29) is 24.0 Å². The third kappa shape index (κ3) is 5.75. The second-order valence-corrected chi connectivity index (χ2v) is 7.41. The number of anilines is 2. The molecule has 1 aliphatic rings. The SMILES string of the molecule is Cc1cc(NC(=O)CN2CCN(C(C)C(=O)Nc3cc(Cl)ccc3F)CC2)no1. The van der Waals surface area contributed by atoms with Crippen molar-refractivity contribution in [3.63, 3.8) is 0 Å². The van der Waals surface area contributed by atoms with Crippen LogP contribution in [0.3, 0.4) is 0 Å². The molecule has 156 valence electrons. The van der Waals surface area contributed by atoms with Crippen molar-refractivity contribution in [3.05, 3.63) is 40.9 Å². The predicted octanol–water partition coefficient (Wildman–Crippen LogP) is 2.36. The number of piperazine rings is 1. The van der Waals surface area contributed by atoms with E-state index >= 15 is 0 Å². The topological polar surface area (TPSA) is 90.7 Å². The van der Waals surface area contributed by atoms with Crippen LogP contribution in [0.15, 0.2) is 28.8 Å². The zero-order valence-corrected chi connectivity index (χ0v) is 17.0. The van der Waals surface area contributed by atoms with Gasteiger partial charge in [-0.2, -0.15) is 0 Å². The van der Waals surface area contributed by atoms with Gasteiger partial charge in [-0.05, 0) is 32.0 Å². The van der Waals surface area contributed by atoms with Crippen LogP contribution >= 0.6 is 11.6 Å². The number of carbonyl (C=O) groups excluding carboxylic acids is 2. The number of hydrogen-bond donors (Lipinski definition) is 2. The first-order chi connectivity index (χ1) is 13.8. The van der Waals surface area contributed by atoms with E-state index in [4.69, 9.17) is 16.1 Å². The van der Waals surface area contributed by atoms with Crippen LogP contribution < -0.4 is 10.6 Å². The third-order valence-corrected chi connectivity index (χ3v) is 5.02. The maximum atomic E-state index is 13.8. The van der Waals surface area contributed by atoms with Crippen molar-refractivity contribution in [3.8, 4) is 0 Å². The highest BCUT2D eigenvalue weighted by Crippen LogP contribution is 2.20. The van der Waals surface area contributed by atoms with E-state index in [1.807, 2.05) is 9.80 Å². The number of aromatic nitrogens is 1. The van der Waals surface area contributed by atoms with Crippen LogP contribution in [0.5, 0.6) is 0 Å². The maximum absolute atomic E-state index is 13.8. The molecule has 8 nitrogen and oxygen atoms in total. The van der Waals surface area contributed by atoms with Gasteiger partial charge < -0.3 is 15.2 Å². The summed E-state index contributed by atoms with van der Waals surface area (Å²) in [4.78, 5) is 28.6. The number of nitrogens with one attached hydrogen (secondary N) is 2. The Labute approximate surface area is 173 Å². The lowest BCUT2D eigenvalue weighted by atomic mass is 10.2. The molecule has 0 spiro atoms. The highest BCUT2D eigenvalue weighted by atomic mass is 35.5. The van der Waals surface area contributed by atoms with Gasteiger partial charge in [-0.15, -0.1) is 0 Å². The Morgan fingerprint density at radius 3 is 2.62 bits per heavy atom. The summed E-state index contributed by atoms with van der Waals surface area (Å²) in [5.41, 5.74) is 0.0627. The van der Waals surface area contributed by atoms with E-state index in [1.165, 1.54) is 18.2 Å². The number of benzene rings is 1. The Bertz CT molecular complexity index is 882. The molecule has 1 saturated heterocycles. The molecule has 10 heteroatoms. The molecule has 1 aromatic carbocycles. The monoisotopic (exact) mass is 423 g/mol. The number of amides is 2. The lowest BCUT2D eigenvalue weighted by Crippen LogP contribution is -2.53. The number of rotatable bonds is 6. The Balaban J connectivity index is 1.46. The summed E-state index contributed by atoms with van der Waals surface area (Å²) in [6, 6.07) is 5.23. The molecule has 0 aliphatic carbocycles. The van der Waals surface area contributed by atoms with Gasteiger partial charge >= 0.3 is 0 Å². The highest BCUT2D eigenvalue weighted by molar-refractivity contribution is 6.30. The Morgan fingerprint density at radius 2 is 1.97 bits per heavy atom. The zero-order chi connectivity index (χ0) is 21.0. The maximum Gasteiger partial charge on any atom is 0.241 e. The summed E-state index contributed by atoms with van der Waals surface area (Å²) in [5, 5.41) is 9.36. The van der Waals surface area contributed by atoms with Gasteiger partial charge in [0, 0.05) is 37.3 Å². The second kappa shape index (κ2) is 9.34. The van der Waals surface area contributed by atoms with Crippen molar-refractivity contribution >= 4 is 34.9 Å². The standard InChI is InChI=1S/C19H23ClFN5O3/c1-12-9-17(24-29-12)23-18(27)11-25-5-7-26(8-6-25)13(2)19(28)22-16-10-14(20)3-4-15(16)21/h3-4,9-10,13H,5-8,11H2,1-2H3,(H,22,28)(H,23,24,27). The Morgan fingerprint density at radius 1 is 1.24 bits per heavy atom. The molecule has 1 atom stereocenters. The summed E-state index contributed by atoms with van der Waals surface area (Å²) < 4.78 is 18.7. The first-order valence-corrected chi connectivity index (χ1v) is 9.65. The van der Waals surface area contributed by atoms with Crippen LogP contribution in [-0.4, -0.2) is 65.5 Å². The number of nitrogens with zero attached hydrogens (tertiary/aromatic N) is 3. The lowest BCUT2D eigenvalue weighted by Gasteiger charge is -2.37. The second-order valence-electron chi connectivity index (χ2n) is 6.97. The normalized spacial score (nSPS) is 16.4. The molecule has 2 heterocycles. The van der Waals surface area contributed by atoms with E-state index in [9.17, 15) is 14.0 Å². The number of carbonyl (C=O) groups is 2. The number of halogens is 2. The van der Waals surface area contributed by atoms with Gasteiger partial charge in [0.1, 0.15) is 11.6 Å². The molecule has 1 unspecified atom stereocenters. The Kier molecular flexibility index (Phi) is 6.83. The molecule has 1 fully saturated rings. The van der Waals surface area contributed by atoms with Gasteiger partial charge in [0.15, 0.2) is 5.82 Å². The first kappa shape index (κ1) is 21.2. The summed E-state index contributed by atoms with van der Waals surface area (Å²) in [6.07, 6.45) is 0. The molecule has 2 N–H and O–H groups in total. The molecular formula is C19H23ClFN5O3. The number of aryl methyl sites for hydroxylation is 1. The average molecular weight is 424 g/mol. The van der Waals surface area contributed by atoms with Crippen LogP contribution in [0.25, 0.3) is 0 Å². The minimum atomic E-state index is -0.534. The van der Waals surface area contributed by atoms with Crippen LogP contribution in [0.2, 0.25) is 5.02 Å². The van der Waals surface area contributed by atoms with Gasteiger partial charge in [0.05, 0.1) is 18.3 Å². The van der Waals surface area contributed by atoms with E-state index in [2.05, 4.69) is 15.8 Å². The largest absolute Gasteiger partial charge is 0.360 e. The molecule has 0 radical (unpaired) electrons. The fourth-order valence-corrected chi connectivity index (χ4v) is 3.29. The molecule has 2 aromatic rings. The van der Waals surface area contributed by atoms with Gasteiger partial charge in [0.2, 0.25) is 11.8 Å². The molecule has 0 saturated carbocycles. The van der Waals surface area contributed by atoms with Crippen LogP contribution in [0.1, 0.15) is 12.7 Å².